The molecule has 82 valence electrons. The average Bonchev–Trinajstić information content (AvgIpc) is 2.47. The highest BCUT2D eigenvalue weighted by atomic mass is 16.4. The van der Waals surface area contributed by atoms with Gasteiger partial charge in [-0.3, -0.25) is 4.79 Å². The lowest BCUT2D eigenvalue weighted by Crippen LogP contribution is -2.36. The molecular weight excluding hydrogens is 206 g/mol. The minimum absolute atomic E-state index is 0.171. The van der Waals surface area contributed by atoms with E-state index in [9.17, 15) is 4.79 Å². The van der Waals surface area contributed by atoms with Gasteiger partial charge in [-0.25, -0.2) is 10.5 Å². The van der Waals surface area contributed by atoms with Gasteiger partial charge in [-0.2, -0.15) is 5.10 Å². The molecule has 0 saturated heterocycles. The van der Waals surface area contributed by atoms with E-state index in [2.05, 4.69) is 10.5 Å². The zero-order valence-electron chi connectivity index (χ0n) is 8.50. The summed E-state index contributed by atoms with van der Waals surface area (Å²) >= 11 is 0. The predicted molar refractivity (Wildman–Crippen MR) is 58.3 cm³/mol. The van der Waals surface area contributed by atoms with Gasteiger partial charge in [0.15, 0.2) is 0 Å². The Morgan fingerprint density at radius 1 is 1.44 bits per heavy atom. The zero-order valence-corrected chi connectivity index (χ0v) is 8.50. The van der Waals surface area contributed by atoms with Gasteiger partial charge in [0.05, 0.1) is 5.36 Å². The number of carboxylic acid groups (broad SMARTS) is 1. The monoisotopic (exact) mass is 217 g/mol. The summed E-state index contributed by atoms with van der Waals surface area (Å²) in [5.41, 5.74) is 2.66. The Morgan fingerprint density at radius 3 is 3.06 bits per heavy atom. The van der Waals surface area contributed by atoms with Crippen molar-refractivity contribution in [2.75, 3.05) is 6.54 Å². The fraction of sp³-hybridized carbons (Fsp3) is 0.0909. The molecule has 0 atom stereocenters. The molecule has 0 aliphatic carbocycles. The number of nitrogens with one attached hydrogen (secondary N) is 1. The molecule has 1 aliphatic heterocycles. The van der Waals surface area contributed by atoms with Crippen LogP contribution in [0.1, 0.15) is 0 Å². The molecule has 5 heteroatoms. The van der Waals surface area contributed by atoms with E-state index in [0.717, 1.165) is 10.6 Å². The smallest absolute Gasteiger partial charge is 0.319 e. The third-order valence-corrected chi connectivity index (χ3v) is 2.05. The second-order valence-electron chi connectivity index (χ2n) is 3.24. The second kappa shape index (κ2) is 4.59. The van der Waals surface area contributed by atoms with Crippen LogP contribution in [0, 0.1) is 0 Å². The Bertz CT molecular complexity index is 536. The summed E-state index contributed by atoms with van der Waals surface area (Å²) in [6.45, 7) is -0.171. The first-order valence-electron chi connectivity index (χ1n) is 4.82. The molecule has 0 amide bonds. The summed E-state index contributed by atoms with van der Waals surface area (Å²) in [4.78, 5) is 10.4. The molecule has 0 spiro atoms. The van der Waals surface area contributed by atoms with Crippen LogP contribution in [0.15, 0.2) is 41.6 Å². The summed E-state index contributed by atoms with van der Waals surface area (Å²) < 4.78 is 0. The van der Waals surface area contributed by atoms with Gasteiger partial charge in [-0.05, 0) is 12.1 Å². The third kappa shape index (κ3) is 2.46. The summed E-state index contributed by atoms with van der Waals surface area (Å²) in [5.74, 6) is -0.926. The molecule has 1 aromatic rings. The van der Waals surface area contributed by atoms with E-state index in [1.165, 1.54) is 5.12 Å². The van der Waals surface area contributed by atoms with Crippen LogP contribution < -0.4 is 16.0 Å². The van der Waals surface area contributed by atoms with E-state index in [1.54, 1.807) is 6.20 Å². The van der Waals surface area contributed by atoms with E-state index in [1.807, 2.05) is 36.4 Å². The van der Waals surface area contributed by atoms with Crippen molar-refractivity contribution >= 4 is 12.0 Å². The number of benzene rings is 1. The van der Waals surface area contributed by atoms with Crippen molar-refractivity contribution in [2.45, 2.75) is 0 Å². The van der Waals surface area contributed by atoms with Crippen molar-refractivity contribution in [3.05, 3.63) is 47.1 Å². The van der Waals surface area contributed by atoms with E-state index >= 15 is 0 Å². The predicted octanol–water partition coefficient (Wildman–Crippen LogP) is -0.580. The molecule has 1 aliphatic rings. The number of hydrazine groups is 1. The van der Waals surface area contributed by atoms with Crippen molar-refractivity contribution in [3.8, 4) is 0 Å². The average molecular weight is 217 g/mol. The van der Waals surface area contributed by atoms with Crippen molar-refractivity contribution < 1.29 is 9.90 Å². The molecule has 16 heavy (non-hydrogen) atoms. The van der Waals surface area contributed by atoms with Crippen molar-refractivity contribution in [1.82, 2.24) is 10.5 Å². The van der Waals surface area contributed by atoms with Crippen LogP contribution >= 0.6 is 0 Å². The van der Waals surface area contributed by atoms with Crippen LogP contribution in [-0.4, -0.2) is 22.7 Å². The maximum absolute atomic E-state index is 10.4. The summed E-state index contributed by atoms with van der Waals surface area (Å²) in [6.07, 6.45) is 5.40. The van der Waals surface area contributed by atoms with E-state index in [-0.39, 0.29) is 6.54 Å². The standard InChI is InChI=1S/C11H11N3O2/c15-11(16)8-12-14-7-3-5-9-4-1-2-6-10(9)13-14/h1-7,12H,8H2,(H,15,16). The minimum Gasteiger partial charge on any atom is -0.480 e. The molecule has 0 bridgehead atoms. The lowest BCUT2D eigenvalue weighted by Gasteiger charge is -2.12. The van der Waals surface area contributed by atoms with Crippen molar-refractivity contribution in [3.63, 3.8) is 0 Å². The largest absolute Gasteiger partial charge is 0.480 e. The topological polar surface area (TPSA) is 64.9 Å². The number of carbonyl (C=O) groups is 1. The van der Waals surface area contributed by atoms with E-state index in [0.29, 0.717) is 0 Å². The quantitative estimate of drug-likeness (QED) is 0.711. The number of fused-ring (bicyclic) bond motifs is 1. The molecule has 2 N–H and O–H groups in total. The number of rotatable bonds is 3. The molecule has 0 radical (unpaired) electrons. The number of nitrogens with zero attached hydrogens (tertiary/aromatic N) is 2. The number of hydrogen-bond acceptors (Lipinski definition) is 4. The number of allylic oxidation sites excluding steroid dienone is 1. The van der Waals surface area contributed by atoms with Crippen LogP contribution in [0.3, 0.4) is 0 Å². The number of hydrogen-bond donors (Lipinski definition) is 2. The Hall–Kier alpha value is -2.14. The first-order chi connectivity index (χ1) is 7.75. The molecule has 1 aromatic carbocycles. The van der Waals surface area contributed by atoms with Crippen molar-refractivity contribution in [1.29, 1.82) is 0 Å². The van der Waals surface area contributed by atoms with Crippen molar-refractivity contribution in [2.24, 2.45) is 5.10 Å². The molecular formula is C11H11N3O2. The second-order valence-corrected chi connectivity index (χ2v) is 3.24. The maximum atomic E-state index is 10.4. The Balaban J connectivity index is 2.26. The maximum Gasteiger partial charge on any atom is 0.319 e. The first kappa shape index (κ1) is 10.4. The molecule has 1 heterocycles. The van der Waals surface area contributed by atoms with Crippen LogP contribution in [0.5, 0.6) is 0 Å². The van der Waals surface area contributed by atoms with Gasteiger partial charge in [0.2, 0.25) is 0 Å². The zero-order chi connectivity index (χ0) is 11.4. The van der Waals surface area contributed by atoms with Gasteiger partial charge in [0.25, 0.3) is 0 Å². The first-order valence-corrected chi connectivity index (χ1v) is 4.82. The van der Waals surface area contributed by atoms with E-state index < -0.39 is 5.97 Å². The molecule has 0 aromatic heterocycles. The highest BCUT2D eigenvalue weighted by Gasteiger charge is 2.01. The molecule has 0 unspecified atom stereocenters. The van der Waals surface area contributed by atoms with E-state index in [4.69, 9.17) is 5.11 Å². The Kier molecular flexibility index (Phi) is 2.98. The summed E-state index contributed by atoms with van der Waals surface area (Å²) in [5, 5.41) is 16.0. The third-order valence-electron chi connectivity index (χ3n) is 2.05. The number of carboxylic acids is 1. The highest BCUT2D eigenvalue weighted by Crippen LogP contribution is 1.88. The van der Waals surface area contributed by atoms with Crippen LogP contribution in [0.2, 0.25) is 0 Å². The van der Waals surface area contributed by atoms with Gasteiger partial charge in [0, 0.05) is 11.4 Å². The molecule has 0 fully saturated rings. The van der Waals surface area contributed by atoms with Crippen LogP contribution in [0.4, 0.5) is 0 Å². The lowest BCUT2D eigenvalue weighted by atomic mass is 10.3. The summed E-state index contributed by atoms with van der Waals surface area (Å²) in [6, 6.07) is 7.63. The molecule has 0 saturated carbocycles. The van der Waals surface area contributed by atoms with Gasteiger partial charge < -0.3 is 5.11 Å². The van der Waals surface area contributed by atoms with Gasteiger partial charge >= 0.3 is 5.97 Å². The Morgan fingerprint density at radius 2 is 2.25 bits per heavy atom. The van der Waals surface area contributed by atoms with Crippen LogP contribution in [0.25, 0.3) is 6.08 Å². The lowest BCUT2D eigenvalue weighted by molar-refractivity contribution is -0.136. The van der Waals surface area contributed by atoms with Gasteiger partial charge in [0.1, 0.15) is 6.54 Å². The highest BCUT2D eigenvalue weighted by molar-refractivity contribution is 5.68. The minimum atomic E-state index is -0.926. The summed E-state index contributed by atoms with van der Waals surface area (Å²) in [7, 11) is 0. The molecule has 5 nitrogen and oxygen atoms in total. The van der Waals surface area contributed by atoms with Gasteiger partial charge in [-0.15, -0.1) is 0 Å². The SMILES string of the molecule is O=C(O)CNN1C=CC=c2ccccc2=N1. The molecule has 2 rings (SSSR count). The normalized spacial score (nSPS) is 13.4. The Labute approximate surface area is 92.0 Å². The fourth-order valence-electron chi connectivity index (χ4n) is 1.33. The number of aliphatic carboxylic acids is 1. The fourth-order valence-corrected chi connectivity index (χ4v) is 1.33. The van der Waals surface area contributed by atoms with Gasteiger partial charge in [-0.1, -0.05) is 24.3 Å². The van der Waals surface area contributed by atoms with Crippen LogP contribution in [-0.2, 0) is 4.79 Å².